The number of hydrogen-bond donors (Lipinski definition) is 2. The van der Waals surface area contributed by atoms with Crippen LogP contribution in [0.25, 0.3) is 10.8 Å². The standard InChI is InChI=1S/C20H22N2O4/c1-2-26-20(25)17(9-5-6-10-18(21)23)22-19(24)16-12-11-14-7-3-4-8-15(14)13-16/h3-4,7-9,11-13H,2,5-6,10H2,1H3,(H2,21,23)(H,22,24). The molecule has 0 aliphatic carbocycles. The van der Waals surface area contributed by atoms with E-state index < -0.39 is 17.8 Å². The minimum Gasteiger partial charge on any atom is -0.461 e. The van der Waals surface area contributed by atoms with Crippen LogP contribution in [-0.4, -0.2) is 24.4 Å². The highest BCUT2D eigenvalue weighted by atomic mass is 16.5. The van der Waals surface area contributed by atoms with Crippen molar-refractivity contribution in [1.82, 2.24) is 5.32 Å². The molecule has 2 aromatic rings. The maximum absolute atomic E-state index is 12.5. The number of primary amides is 1. The summed E-state index contributed by atoms with van der Waals surface area (Å²) < 4.78 is 4.98. The molecule has 6 nitrogen and oxygen atoms in total. The first-order valence-corrected chi connectivity index (χ1v) is 8.47. The number of unbranched alkanes of at least 4 members (excludes halogenated alkanes) is 1. The lowest BCUT2D eigenvalue weighted by Gasteiger charge is -2.10. The summed E-state index contributed by atoms with van der Waals surface area (Å²) in [4.78, 5) is 35.4. The molecule has 0 spiro atoms. The Balaban J connectivity index is 2.13. The molecule has 0 saturated heterocycles. The minimum atomic E-state index is -0.610. The van der Waals surface area contributed by atoms with Crippen molar-refractivity contribution in [2.24, 2.45) is 5.73 Å². The molecule has 0 aliphatic heterocycles. The number of nitrogens with one attached hydrogen (secondary N) is 1. The second-order valence-corrected chi connectivity index (χ2v) is 5.71. The number of carbonyl (C=O) groups excluding carboxylic acids is 3. The van der Waals surface area contributed by atoms with E-state index in [2.05, 4.69) is 5.32 Å². The molecule has 2 aromatic carbocycles. The Morgan fingerprint density at radius 3 is 2.54 bits per heavy atom. The van der Waals surface area contributed by atoms with Crippen LogP contribution in [0.5, 0.6) is 0 Å². The van der Waals surface area contributed by atoms with Gasteiger partial charge >= 0.3 is 5.97 Å². The van der Waals surface area contributed by atoms with Crippen LogP contribution < -0.4 is 11.1 Å². The van der Waals surface area contributed by atoms with Gasteiger partial charge in [0, 0.05) is 12.0 Å². The monoisotopic (exact) mass is 354 g/mol. The van der Waals surface area contributed by atoms with Crippen LogP contribution in [-0.2, 0) is 14.3 Å². The van der Waals surface area contributed by atoms with Crippen LogP contribution in [0.4, 0.5) is 0 Å². The highest BCUT2D eigenvalue weighted by molar-refractivity contribution is 6.03. The van der Waals surface area contributed by atoms with Gasteiger partial charge in [-0.3, -0.25) is 9.59 Å². The predicted octanol–water partition coefficient (Wildman–Crippen LogP) is 2.67. The second kappa shape index (κ2) is 9.36. The Kier molecular flexibility index (Phi) is 6.91. The van der Waals surface area contributed by atoms with Gasteiger partial charge in [0.1, 0.15) is 5.70 Å². The molecule has 0 unspecified atom stereocenters. The molecule has 2 amide bonds. The first kappa shape index (κ1) is 19.2. The van der Waals surface area contributed by atoms with Gasteiger partial charge in [0.2, 0.25) is 5.91 Å². The van der Waals surface area contributed by atoms with E-state index in [1.165, 1.54) is 0 Å². The molecule has 0 fully saturated rings. The molecule has 0 atom stereocenters. The Hall–Kier alpha value is -3.15. The molecule has 0 aliphatic rings. The lowest BCUT2D eigenvalue weighted by molar-refractivity contribution is -0.138. The second-order valence-electron chi connectivity index (χ2n) is 5.71. The lowest BCUT2D eigenvalue weighted by Crippen LogP contribution is -2.28. The third-order valence-electron chi connectivity index (χ3n) is 3.73. The van der Waals surface area contributed by atoms with Gasteiger partial charge in [-0.25, -0.2) is 4.79 Å². The number of esters is 1. The van der Waals surface area contributed by atoms with Crippen molar-refractivity contribution < 1.29 is 19.1 Å². The maximum atomic E-state index is 12.5. The van der Waals surface area contributed by atoms with Crippen LogP contribution in [0.3, 0.4) is 0 Å². The van der Waals surface area contributed by atoms with Crippen LogP contribution >= 0.6 is 0 Å². The maximum Gasteiger partial charge on any atom is 0.354 e. The minimum absolute atomic E-state index is 0.0643. The Labute approximate surface area is 152 Å². The smallest absolute Gasteiger partial charge is 0.354 e. The molecule has 136 valence electrons. The Morgan fingerprint density at radius 1 is 1.12 bits per heavy atom. The van der Waals surface area contributed by atoms with Crippen molar-refractivity contribution in [3.05, 3.63) is 59.8 Å². The number of ether oxygens (including phenoxy) is 1. The highest BCUT2D eigenvalue weighted by Crippen LogP contribution is 2.16. The molecule has 0 saturated carbocycles. The van der Waals surface area contributed by atoms with E-state index in [0.717, 1.165) is 10.8 Å². The number of nitrogens with two attached hydrogens (primary N) is 1. The average molecular weight is 354 g/mol. The predicted molar refractivity (Wildman–Crippen MR) is 99.2 cm³/mol. The molecule has 26 heavy (non-hydrogen) atoms. The topological polar surface area (TPSA) is 98.5 Å². The summed E-state index contributed by atoms with van der Waals surface area (Å²) in [6.45, 7) is 1.89. The van der Waals surface area contributed by atoms with Gasteiger partial charge in [-0.05, 0) is 42.7 Å². The van der Waals surface area contributed by atoms with E-state index in [1.807, 2.05) is 30.3 Å². The number of carbonyl (C=O) groups is 3. The Morgan fingerprint density at radius 2 is 1.85 bits per heavy atom. The van der Waals surface area contributed by atoms with Crippen LogP contribution in [0, 0.1) is 0 Å². The zero-order valence-corrected chi connectivity index (χ0v) is 14.7. The van der Waals surface area contributed by atoms with Crippen molar-refractivity contribution in [1.29, 1.82) is 0 Å². The van der Waals surface area contributed by atoms with Gasteiger partial charge in [0.05, 0.1) is 6.61 Å². The fourth-order valence-electron chi connectivity index (χ4n) is 2.44. The average Bonchev–Trinajstić information content (AvgIpc) is 2.63. The number of amides is 2. The van der Waals surface area contributed by atoms with E-state index in [9.17, 15) is 14.4 Å². The van der Waals surface area contributed by atoms with E-state index in [0.29, 0.717) is 18.4 Å². The number of hydrogen-bond acceptors (Lipinski definition) is 4. The normalized spacial score (nSPS) is 11.2. The van der Waals surface area contributed by atoms with Gasteiger partial charge in [-0.1, -0.05) is 36.4 Å². The SMILES string of the molecule is CCOC(=O)C(=CCCCC(N)=O)NC(=O)c1ccc2ccccc2c1. The molecule has 0 bridgehead atoms. The van der Waals surface area contributed by atoms with Crippen molar-refractivity contribution in [3.8, 4) is 0 Å². The van der Waals surface area contributed by atoms with Crippen molar-refractivity contribution in [3.63, 3.8) is 0 Å². The van der Waals surface area contributed by atoms with E-state index in [-0.39, 0.29) is 18.7 Å². The van der Waals surface area contributed by atoms with E-state index in [4.69, 9.17) is 10.5 Å². The molecule has 0 radical (unpaired) electrons. The highest BCUT2D eigenvalue weighted by Gasteiger charge is 2.15. The van der Waals surface area contributed by atoms with E-state index in [1.54, 1.807) is 25.1 Å². The number of allylic oxidation sites excluding steroid dienone is 1. The van der Waals surface area contributed by atoms with Gasteiger partial charge in [-0.2, -0.15) is 0 Å². The van der Waals surface area contributed by atoms with Gasteiger partial charge < -0.3 is 15.8 Å². The van der Waals surface area contributed by atoms with Gasteiger partial charge in [-0.15, -0.1) is 0 Å². The summed E-state index contributed by atoms with van der Waals surface area (Å²) in [5.74, 6) is -1.41. The fraction of sp³-hybridized carbons (Fsp3) is 0.250. The largest absolute Gasteiger partial charge is 0.461 e. The summed E-state index contributed by atoms with van der Waals surface area (Å²) in [7, 11) is 0. The van der Waals surface area contributed by atoms with Crippen LogP contribution in [0.15, 0.2) is 54.2 Å². The van der Waals surface area contributed by atoms with Gasteiger partial charge in [0.15, 0.2) is 0 Å². The zero-order chi connectivity index (χ0) is 18.9. The molecule has 3 N–H and O–H groups in total. The third kappa shape index (κ3) is 5.44. The number of benzene rings is 2. The first-order chi connectivity index (χ1) is 12.5. The summed E-state index contributed by atoms with van der Waals surface area (Å²) in [5, 5.41) is 4.56. The first-order valence-electron chi connectivity index (χ1n) is 8.47. The lowest BCUT2D eigenvalue weighted by atomic mass is 10.1. The quantitative estimate of drug-likeness (QED) is 0.432. The Bertz CT molecular complexity index is 843. The van der Waals surface area contributed by atoms with Crippen molar-refractivity contribution in [2.45, 2.75) is 26.2 Å². The fourth-order valence-corrected chi connectivity index (χ4v) is 2.44. The molecule has 0 heterocycles. The van der Waals surface area contributed by atoms with Crippen LogP contribution in [0.1, 0.15) is 36.5 Å². The summed E-state index contributed by atoms with van der Waals surface area (Å²) in [5.41, 5.74) is 5.60. The molecular formula is C20H22N2O4. The molecule has 2 rings (SSSR count). The third-order valence-corrected chi connectivity index (χ3v) is 3.73. The number of rotatable bonds is 8. The van der Waals surface area contributed by atoms with Crippen molar-refractivity contribution in [2.75, 3.05) is 6.61 Å². The van der Waals surface area contributed by atoms with Gasteiger partial charge in [0.25, 0.3) is 5.91 Å². The summed E-state index contributed by atoms with van der Waals surface area (Å²) in [6, 6.07) is 13.0. The zero-order valence-electron chi connectivity index (χ0n) is 14.7. The summed E-state index contributed by atoms with van der Waals surface area (Å²) >= 11 is 0. The summed E-state index contributed by atoms with van der Waals surface area (Å²) in [6.07, 6.45) is 2.68. The van der Waals surface area contributed by atoms with E-state index >= 15 is 0 Å². The number of fused-ring (bicyclic) bond motifs is 1. The molecule has 6 heteroatoms. The van der Waals surface area contributed by atoms with Crippen molar-refractivity contribution >= 4 is 28.6 Å². The molecular weight excluding hydrogens is 332 g/mol. The van der Waals surface area contributed by atoms with Crippen LogP contribution in [0.2, 0.25) is 0 Å². The molecule has 0 aromatic heterocycles.